The highest BCUT2D eigenvalue weighted by atomic mass is 35.5. The Labute approximate surface area is 124 Å². The zero-order valence-corrected chi connectivity index (χ0v) is 12.1. The molecule has 0 radical (unpaired) electrons. The van der Waals surface area contributed by atoms with Crippen LogP contribution in [0.15, 0.2) is 12.1 Å². The van der Waals surface area contributed by atoms with Gasteiger partial charge in [-0.25, -0.2) is 4.79 Å². The Bertz CT molecular complexity index is 470. The summed E-state index contributed by atoms with van der Waals surface area (Å²) in [5.41, 5.74) is 0.209. The molecule has 0 aliphatic heterocycles. The van der Waals surface area contributed by atoms with Crippen LogP contribution in [0, 0.1) is 0 Å². The van der Waals surface area contributed by atoms with Crippen LogP contribution in [-0.4, -0.2) is 32.2 Å². The third-order valence-electron chi connectivity index (χ3n) is 1.90. The first-order chi connectivity index (χ1) is 8.93. The van der Waals surface area contributed by atoms with Crippen LogP contribution in [0.1, 0.15) is 0 Å². The van der Waals surface area contributed by atoms with Gasteiger partial charge in [-0.2, -0.15) is 0 Å². The van der Waals surface area contributed by atoms with E-state index in [0.29, 0.717) is 5.02 Å². The highest BCUT2D eigenvalue weighted by Crippen LogP contribution is 2.33. The number of anilines is 1. The van der Waals surface area contributed by atoms with Gasteiger partial charge in [0.2, 0.25) is 0 Å². The molecule has 1 aromatic rings. The topological polar surface area (TPSA) is 64.6 Å². The summed E-state index contributed by atoms with van der Waals surface area (Å²) in [6, 6.07) is 2.86. The van der Waals surface area contributed by atoms with Gasteiger partial charge in [-0.3, -0.25) is 4.79 Å². The number of benzene rings is 1. The van der Waals surface area contributed by atoms with Gasteiger partial charge in [-0.05, 0) is 12.1 Å². The predicted octanol–water partition coefficient (Wildman–Crippen LogP) is 2.77. The number of amides is 1. The molecule has 0 heterocycles. The number of carbonyl (C=O) groups excluding carboxylic acids is 2. The molecule has 1 amide bonds. The van der Waals surface area contributed by atoms with Crippen molar-refractivity contribution in [3.8, 4) is 0 Å². The normalized spacial score (nSPS) is 10.1. The van der Waals surface area contributed by atoms with Crippen molar-refractivity contribution in [2.75, 3.05) is 25.6 Å². The van der Waals surface area contributed by atoms with Gasteiger partial charge in [-0.15, -0.1) is 0 Å². The van der Waals surface area contributed by atoms with Crippen LogP contribution in [0.2, 0.25) is 15.1 Å². The lowest BCUT2D eigenvalue weighted by atomic mass is 10.3. The van der Waals surface area contributed by atoms with Gasteiger partial charge < -0.3 is 14.8 Å². The Balaban J connectivity index is 2.60. The minimum Gasteiger partial charge on any atom is -0.454 e. The molecule has 1 N–H and O–H groups in total. The van der Waals surface area contributed by atoms with Gasteiger partial charge in [0.05, 0.1) is 15.7 Å². The maximum absolute atomic E-state index is 11.5. The molecule has 0 aromatic heterocycles. The molecule has 8 heteroatoms. The molecule has 5 nitrogen and oxygen atoms in total. The third-order valence-corrected chi connectivity index (χ3v) is 2.71. The third kappa shape index (κ3) is 5.24. The molecule has 0 fully saturated rings. The van der Waals surface area contributed by atoms with Gasteiger partial charge in [-0.1, -0.05) is 34.8 Å². The van der Waals surface area contributed by atoms with E-state index in [2.05, 4.69) is 14.8 Å². The number of halogens is 3. The van der Waals surface area contributed by atoms with Crippen molar-refractivity contribution < 1.29 is 19.1 Å². The molecule has 0 atom stereocenters. The second kappa shape index (κ2) is 7.55. The van der Waals surface area contributed by atoms with Crippen LogP contribution in [0.3, 0.4) is 0 Å². The first kappa shape index (κ1) is 16.0. The fourth-order valence-electron chi connectivity index (χ4n) is 1.14. The van der Waals surface area contributed by atoms with Crippen molar-refractivity contribution in [3.05, 3.63) is 27.2 Å². The van der Waals surface area contributed by atoms with Gasteiger partial charge in [0, 0.05) is 12.1 Å². The molecular formula is C11H10Cl3NO4. The van der Waals surface area contributed by atoms with E-state index in [1.54, 1.807) is 0 Å². The second-order valence-electron chi connectivity index (χ2n) is 3.39. The Hall–Kier alpha value is -1.01. The molecule has 19 heavy (non-hydrogen) atoms. The van der Waals surface area contributed by atoms with E-state index in [1.807, 2.05) is 0 Å². The van der Waals surface area contributed by atoms with Crippen molar-refractivity contribution >= 4 is 52.4 Å². The van der Waals surface area contributed by atoms with Crippen molar-refractivity contribution in [1.29, 1.82) is 0 Å². The Morgan fingerprint density at radius 2 is 1.74 bits per heavy atom. The van der Waals surface area contributed by atoms with E-state index in [1.165, 1.54) is 19.2 Å². The van der Waals surface area contributed by atoms with Gasteiger partial charge >= 0.3 is 5.97 Å². The molecule has 1 aromatic carbocycles. The van der Waals surface area contributed by atoms with E-state index in [0.717, 1.165) is 0 Å². The first-order valence-electron chi connectivity index (χ1n) is 5.03. The summed E-state index contributed by atoms with van der Waals surface area (Å²) in [6.45, 7) is -0.687. The molecule has 0 aliphatic carbocycles. The maximum atomic E-state index is 11.5. The largest absolute Gasteiger partial charge is 0.454 e. The second-order valence-corrected chi connectivity index (χ2v) is 4.64. The van der Waals surface area contributed by atoms with Crippen LogP contribution >= 0.6 is 34.8 Å². The van der Waals surface area contributed by atoms with Crippen LogP contribution < -0.4 is 5.32 Å². The van der Waals surface area contributed by atoms with Crippen LogP contribution in [0.5, 0.6) is 0 Å². The summed E-state index contributed by atoms with van der Waals surface area (Å²) in [7, 11) is 1.34. The summed E-state index contributed by atoms with van der Waals surface area (Å²) in [5, 5.41) is 3.15. The minimum absolute atomic E-state index is 0.189. The van der Waals surface area contributed by atoms with E-state index in [4.69, 9.17) is 34.8 Å². The Morgan fingerprint density at radius 3 is 2.26 bits per heavy atom. The number of hydrogen-bond donors (Lipinski definition) is 1. The number of hydrogen-bond acceptors (Lipinski definition) is 4. The number of esters is 1. The van der Waals surface area contributed by atoms with Gasteiger partial charge in [0.1, 0.15) is 6.61 Å². The van der Waals surface area contributed by atoms with E-state index >= 15 is 0 Å². The van der Waals surface area contributed by atoms with E-state index < -0.39 is 18.5 Å². The molecule has 0 spiro atoms. The molecule has 0 saturated carbocycles. The maximum Gasteiger partial charge on any atom is 0.332 e. The quantitative estimate of drug-likeness (QED) is 0.845. The predicted molar refractivity (Wildman–Crippen MR) is 72.9 cm³/mol. The highest BCUT2D eigenvalue weighted by Gasteiger charge is 2.13. The summed E-state index contributed by atoms with van der Waals surface area (Å²) >= 11 is 17.5. The number of methoxy groups -OCH3 is 1. The van der Waals surface area contributed by atoms with Crippen molar-refractivity contribution in [3.63, 3.8) is 0 Å². The fraction of sp³-hybridized carbons (Fsp3) is 0.273. The molecular weight excluding hydrogens is 316 g/mol. The zero-order chi connectivity index (χ0) is 14.4. The van der Waals surface area contributed by atoms with Crippen LogP contribution in [-0.2, 0) is 19.1 Å². The molecule has 0 saturated heterocycles. The average Bonchev–Trinajstić information content (AvgIpc) is 2.31. The fourth-order valence-corrected chi connectivity index (χ4v) is 2.05. The highest BCUT2D eigenvalue weighted by molar-refractivity contribution is 6.42. The zero-order valence-electron chi connectivity index (χ0n) is 9.84. The Kier molecular flexibility index (Phi) is 6.37. The van der Waals surface area contributed by atoms with Crippen LogP contribution in [0.25, 0.3) is 0 Å². The molecule has 0 aliphatic rings. The van der Waals surface area contributed by atoms with E-state index in [-0.39, 0.29) is 22.3 Å². The number of nitrogens with one attached hydrogen (secondary N) is 1. The van der Waals surface area contributed by atoms with E-state index in [9.17, 15) is 9.59 Å². The average molecular weight is 327 g/mol. The molecule has 104 valence electrons. The first-order valence-corrected chi connectivity index (χ1v) is 6.16. The SMILES string of the molecule is COCC(=O)OCC(=O)Nc1c(Cl)cc(Cl)cc1Cl. The summed E-state index contributed by atoms with van der Waals surface area (Å²) < 4.78 is 9.17. The lowest BCUT2D eigenvalue weighted by Gasteiger charge is -2.10. The summed E-state index contributed by atoms with van der Waals surface area (Å²) in [5.74, 6) is -1.22. The Morgan fingerprint density at radius 1 is 1.16 bits per heavy atom. The summed E-state index contributed by atoms with van der Waals surface area (Å²) in [4.78, 5) is 22.5. The van der Waals surface area contributed by atoms with Crippen molar-refractivity contribution in [1.82, 2.24) is 0 Å². The molecule has 0 bridgehead atoms. The van der Waals surface area contributed by atoms with Crippen LogP contribution in [0.4, 0.5) is 5.69 Å². The lowest BCUT2D eigenvalue weighted by molar-refractivity contribution is -0.150. The number of rotatable bonds is 5. The number of carbonyl (C=O) groups is 2. The molecule has 1 rings (SSSR count). The molecule has 0 unspecified atom stereocenters. The summed E-state index contributed by atoms with van der Waals surface area (Å²) in [6.07, 6.45) is 0. The smallest absolute Gasteiger partial charge is 0.332 e. The van der Waals surface area contributed by atoms with Crippen molar-refractivity contribution in [2.24, 2.45) is 0 Å². The van der Waals surface area contributed by atoms with Gasteiger partial charge in [0.25, 0.3) is 5.91 Å². The minimum atomic E-state index is -0.647. The van der Waals surface area contributed by atoms with Gasteiger partial charge in [0.15, 0.2) is 6.61 Å². The standard InChI is InChI=1S/C11H10Cl3NO4/c1-18-5-10(17)19-4-9(16)15-11-7(13)2-6(12)3-8(11)14/h2-3H,4-5H2,1H3,(H,15,16). The monoisotopic (exact) mass is 325 g/mol. The lowest BCUT2D eigenvalue weighted by Crippen LogP contribution is -2.22. The van der Waals surface area contributed by atoms with Crippen molar-refractivity contribution in [2.45, 2.75) is 0 Å². The number of ether oxygens (including phenoxy) is 2.